The van der Waals surface area contributed by atoms with E-state index >= 15 is 0 Å². The molecule has 0 saturated heterocycles. The van der Waals surface area contributed by atoms with Gasteiger partial charge in [0.05, 0.1) is 6.04 Å². The van der Waals surface area contributed by atoms with Crippen molar-refractivity contribution in [2.45, 2.75) is 58.0 Å². The molecule has 0 spiro atoms. The molecular formula is C15H24N2OS. The summed E-state index contributed by atoms with van der Waals surface area (Å²) in [6, 6.07) is 4.59. The molecule has 1 aliphatic rings. The number of nitrogens with one attached hydrogen (secondary N) is 2. The van der Waals surface area contributed by atoms with Crippen LogP contribution in [0.2, 0.25) is 0 Å². The van der Waals surface area contributed by atoms with Gasteiger partial charge in [-0.3, -0.25) is 0 Å². The van der Waals surface area contributed by atoms with Gasteiger partial charge in [0.1, 0.15) is 0 Å². The Morgan fingerprint density at radius 2 is 2.16 bits per heavy atom. The van der Waals surface area contributed by atoms with Crippen LogP contribution in [0, 0.1) is 5.92 Å². The van der Waals surface area contributed by atoms with Crippen molar-refractivity contribution in [3.05, 3.63) is 22.4 Å². The first-order valence-electron chi connectivity index (χ1n) is 7.31. The van der Waals surface area contributed by atoms with Crippen LogP contribution >= 0.6 is 11.3 Å². The van der Waals surface area contributed by atoms with Crippen LogP contribution in [0.4, 0.5) is 4.79 Å². The third-order valence-electron chi connectivity index (χ3n) is 4.00. The van der Waals surface area contributed by atoms with Crippen LogP contribution in [0.25, 0.3) is 0 Å². The Kier molecular flexibility index (Phi) is 5.25. The molecule has 0 aromatic carbocycles. The number of rotatable bonds is 5. The summed E-state index contributed by atoms with van der Waals surface area (Å²) >= 11 is 1.74. The second kappa shape index (κ2) is 6.94. The first kappa shape index (κ1) is 14.4. The van der Waals surface area contributed by atoms with Crippen molar-refractivity contribution < 1.29 is 4.79 Å². The summed E-state index contributed by atoms with van der Waals surface area (Å²) in [6.07, 6.45) is 6.00. The van der Waals surface area contributed by atoms with Crippen LogP contribution in [0.5, 0.6) is 0 Å². The van der Waals surface area contributed by atoms with Gasteiger partial charge in [0, 0.05) is 10.9 Å². The summed E-state index contributed by atoms with van der Waals surface area (Å²) in [5, 5.41) is 8.28. The Morgan fingerprint density at radius 1 is 1.42 bits per heavy atom. The first-order chi connectivity index (χ1) is 9.20. The molecular weight excluding hydrogens is 256 g/mol. The number of hydrogen-bond donors (Lipinski definition) is 2. The van der Waals surface area contributed by atoms with Crippen LogP contribution < -0.4 is 10.6 Å². The molecule has 1 aromatic rings. The zero-order valence-corrected chi connectivity index (χ0v) is 12.6. The van der Waals surface area contributed by atoms with E-state index in [-0.39, 0.29) is 18.1 Å². The van der Waals surface area contributed by atoms with Crippen molar-refractivity contribution in [2.75, 3.05) is 0 Å². The molecule has 1 fully saturated rings. The topological polar surface area (TPSA) is 41.1 Å². The summed E-state index contributed by atoms with van der Waals surface area (Å²) in [7, 11) is 0. The minimum atomic E-state index is -0.0281. The van der Waals surface area contributed by atoms with E-state index in [0.717, 1.165) is 6.42 Å². The minimum absolute atomic E-state index is 0.0281. The van der Waals surface area contributed by atoms with Crippen LogP contribution in [0.3, 0.4) is 0 Å². The fraction of sp³-hybridized carbons (Fsp3) is 0.667. The number of amides is 2. The van der Waals surface area contributed by atoms with E-state index in [0.29, 0.717) is 5.92 Å². The highest BCUT2D eigenvalue weighted by atomic mass is 32.1. The van der Waals surface area contributed by atoms with E-state index in [1.54, 1.807) is 11.3 Å². The molecule has 2 N–H and O–H groups in total. The zero-order valence-electron chi connectivity index (χ0n) is 11.8. The molecule has 0 radical (unpaired) electrons. The van der Waals surface area contributed by atoms with Gasteiger partial charge in [0.15, 0.2) is 0 Å². The molecule has 0 aliphatic heterocycles. The molecule has 2 atom stereocenters. The second-order valence-corrected chi connectivity index (χ2v) is 6.44. The molecule has 3 nitrogen and oxygen atoms in total. The lowest BCUT2D eigenvalue weighted by Gasteiger charge is -2.25. The summed E-state index contributed by atoms with van der Waals surface area (Å²) in [4.78, 5) is 13.3. The summed E-state index contributed by atoms with van der Waals surface area (Å²) in [6.45, 7) is 4.12. The van der Waals surface area contributed by atoms with E-state index in [1.165, 1.54) is 30.6 Å². The quantitative estimate of drug-likeness (QED) is 0.838. The highest BCUT2D eigenvalue weighted by Crippen LogP contribution is 2.37. The molecule has 106 valence electrons. The van der Waals surface area contributed by atoms with Gasteiger partial charge in [-0.2, -0.15) is 0 Å². The third kappa shape index (κ3) is 3.96. The highest BCUT2D eigenvalue weighted by Gasteiger charge is 2.28. The van der Waals surface area contributed by atoms with Gasteiger partial charge in [-0.05, 0) is 43.6 Å². The molecule has 1 aliphatic carbocycles. The lowest BCUT2D eigenvalue weighted by atomic mass is 9.97. The van der Waals surface area contributed by atoms with Crippen molar-refractivity contribution in [2.24, 2.45) is 5.92 Å². The lowest BCUT2D eigenvalue weighted by Crippen LogP contribution is -2.43. The fourth-order valence-electron chi connectivity index (χ4n) is 2.69. The van der Waals surface area contributed by atoms with Gasteiger partial charge in [0.25, 0.3) is 0 Å². The Bertz CT molecular complexity index is 385. The lowest BCUT2D eigenvalue weighted by molar-refractivity contribution is 0.228. The molecule has 4 heteroatoms. The first-order valence-corrected chi connectivity index (χ1v) is 8.19. The number of urea groups is 1. The maximum Gasteiger partial charge on any atom is 0.315 e. The molecule has 1 heterocycles. The maximum atomic E-state index is 12.1. The normalized spacial score (nSPS) is 19.1. The van der Waals surface area contributed by atoms with E-state index in [2.05, 4.69) is 35.1 Å². The second-order valence-electron chi connectivity index (χ2n) is 5.46. The van der Waals surface area contributed by atoms with Crippen molar-refractivity contribution in [1.82, 2.24) is 10.6 Å². The summed E-state index contributed by atoms with van der Waals surface area (Å²) < 4.78 is 0. The molecule has 2 rings (SSSR count). The van der Waals surface area contributed by atoms with Gasteiger partial charge in [0.2, 0.25) is 0 Å². The third-order valence-corrected chi connectivity index (χ3v) is 4.95. The fourth-order valence-corrected chi connectivity index (χ4v) is 3.56. The molecule has 1 aromatic heterocycles. The summed E-state index contributed by atoms with van der Waals surface area (Å²) in [5.41, 5.74) is 0. The average molecular weight is 280 g/mol. The van der Waals surface area contributed by atoms with Gasteiger partial charge < -0.3 is 10.6 Å². The van der Waals surface area contributed by atoms with Crippen LogP contribution in [-0.2, 0) is 0 Å². The van der Waals surface area contributed by atoms with Crippen molar-refractivity contribution >= 4 is 17.4 Å². The highest BCUT2D eigenvalue weighted by molar-refractivity contribution is 7.10. The monoisotopic (exact) mass is 280 g/mol. The molecule has 0 bridgehead atoms. The smallest absolute Gasteiger partial charge is 0.315 e. The van der Waals surface area contributed by atoms with Gasteiger partial charge in [-0.25, -0.2) is 4.79 Å². The van der Waals surface area contributed by atoms with Gasteiger partial charge >= 0.3 is 6.03 Å². The maximum absolute atomic E-state index is 12.1. The predicted molar refractivity (Wildman–Crippen MR) is 80.4 cm³/mol. The Hall–Kier alpha value is -1.03. The number of carbonyl (C=O) groups is 1. The van der Waals surface area contributed by atoms with Crippen LogP contribution in [0.1, 0.15) is 56.9 Å². The van der Waals surface area contributed by atoms with Crippen LogP contribution in [0.15, 0.2) is 17.5 Å². The number of thiophene rings is 1. The molecule has 2 amide bonds. The minimum Gasteiger partial charge on any atom is -0.336 e. The van der Waals surface area contributed by atoms with Gasteiger partial charge in [-0.15, -0.1) is 11.3 Å². The van der Waals surface area contributed by atoms with E-state index in [9.17, 15) is 4.79 Å². The van der Waals surface area contributed by atoms with E-state index < -0.39 is 0 Å². The van der Waals surface area contributed by atoms with E-state index in [1.807, 2.05) is 6.92 Å². The van der Waals surface area contributed by atoms with Gasteiger partial charge in [-0.1, -0.05) is 25.8 Å². The molecule has 19 heavy (non-hydrogen) atoms. The molecule has 1 saturated carbocycles. The Balaban J connectivity index is 1.99. The van der Waals surface area contributed by atoms with Crippen molar-refractivity contribution in [3.8, 4) is 0 Å². The zero-order chi connectivity index (χ0) is 13.7. The van der Waals surface area contributed by atoms with Crippen molar-refractivity contribution in [1.29, 1.82) is 0 Å². The SMILES string of the molecule is CCC(C)NC(=O)NC(c1cccs1)C1CCCC1. The summed E-state index contributed by atoms with van der Waals surface area (Å²) in [5.74, 6) is 0.598. The predicted octanol–water partition coefficient (Wildman–Crippen LogP) is 4.08. The van der Waals surface area contributed by atoms with E-state index in [4.69, 9.17) is 0 Å². The average Bonchev–Trinajstić information content (AvgIpc) is 3.08. The standard InChI is InChI=1S/C15H24N2OS/c1-3-11(2)16-15(18)17-14(12-7-4-5-8-12)13-9-6-10-19-13/h6,9-12,14H,3-5,7-8H2,1-2H3,(H2,16,17,18). The largest absolute Gasteiger partial charge is 0.336 e. The number of hydrogen-bond acceptors (Lipinski definition) is 2. The Morgan fingerprint density at radius 3 is 2.74 bits per heavy atom. The van der Waals surface area contributed by atoms with Crippen LogP contribution in [-0.4, -0.2) is 12.1 Å². The number of carbonyl (C=O) groups excluding carboxylic acids is 1. The Labute approximate surface area is 119 Å². The molecule has 2 unspecified atom stereocenters. The van der Waals surface area contributed by atoms with Crippen molar-refractivity contribution in [3.63, 3.8) is 0 Å².